The Hall–Kier alpha value is -6.63. The third-order valence-corrected chi connectivity index (χ3v) is 14.0. The van der Waals surface area contributed by atoms with Crippen molar-refractivity contribution in [2.75, 3.05) is 6.54 Å². The molecule has 0 radical (unpaired) electrons. The van der Waals surface area contributed by atoms with Gasteiger partial charge in [-0.2, -0.15) is 0 Å². The largest absolute Gasteiger partial charge is 0.478 e. The Labute approximate surface area is 526 Å². The van der Waals surface area contributed by atoms with E-state index in [2.05, 4.69) is 15.3 Å². The van der Waals surface area contributed by atoms with Gasteiger partial charge in [-0.25, -0.2) is 4.79 Å². The maximum absolute atomic E-state index is 12.8. The van der Waals surface area contributed by atoms with Crippen molar-refractivity contribution in [3.8, 4) is 0 Å². The third-order valence-electron chi connectivity index (χ3n) is 14.0. The lowest BCUT2D eigenvalue weighted by Gasteiger charge is -2.25. The molecule has 20 nitrogen and oxygen atoms in total. The smallest absolute Gasteiger partial charge is 0.331 e. The highest BCUT2D eigenvalue weighted by Crippen LogP contribution is 2.20. The van der Waals surface area contributed by atoms with Gasteiger partial charge in [-0.1, -0.05) is 179 Å². The van der Waals surface area contributed by atoms with E-state index < -0.39 is 97.0 Å². The second-order valence-corrected chi connectivity index (χ2v) is 22.2. The molecule has 15 atom stereocenters. The number of nitrogens with one attached hydrogen (secondary N) is 1. The molecule has 0 saturated heterocycles. The topological polar surface area (TPSA) is 377 Å². The van der Waals surface area contributed by atoms with Gasteiger partial charge in [-0.05, 0) is 83.3 Å². The van der Waals surface area contributed by atoms with Crippen LogP contribution in [0.15, 0.2) is 187 Å². The van der Waals surface area contributed by atoms with Crippen LogP contribution in [0.5, 0.6) is 0 Å². The molecule has 0 aromatic carbocycles. The normalized spacial score (nSPS) is 18.6. The van der Waals surface area contributed by atoms with E-state index in [1.807, 2.05) is 55.5 Å². The van der Waals surface area contributed by atoms with E-state index in [1.54, 1.807) is 92.8 Å². The fraction of sp³-hybridized carbons (Fsp3) is 0.493. The molecular weight excluding hydrogens is 1140 g/mol. The molecule has 1 amide bonds. The molecule has 1 rings (SSSR count). The number of aliphatic hydroxyl groups excluding tert-OH is 12. The summed E-state index contributed by atoms with van der Waals surface area (Å²) < 4.78 is 0. The van der Waals surface area contributed by atoms with Crippen LogP contribution < -0.4 is 11.1 Å². The van der Waals surface area contributed by atoms with Crippen molar-refractivity contribution in [1.82, 2.24) is 10.3 Å². The Balaban J connectivity index is 2.29. The summed E-state index contributed by atoms with van der Waals surface area (Å²) in [5.41, 5.74) is 6.20. The van der Waals surface area contributed by atoms with Crippen molar-refractivity contribution in [2.24, 2.45) is 28.5 Å². The molecule has 494 valence electrons. The van der Waals surface area contributed by atoms with Gasteiger partial charge in [0.15, 0.2) is 5.96 Å². The predicted molar refractivity (Wildman–Crippen MR) is 348 cm³/mol. The maximum atomic E-state index is 12.8. The summed E-state index contributed by atoms with van der Waals surface area (Å²) in [5.74, 6) is -3.20. The molecule has 1 heterocycles. The van der Waals surface area contributed by atoms with Gasteiger partial charge in [0.25, 0.3) is 5.91 Å². The number of carboxylic acids is 1. The summed E-state index contributed by atoms with van der Waals surface area (Å²) in [5, 5.41) is 137. The monoisotopic (exact) mass is 1240 g/mol. The number of pyridine rings is 1. The van der Waals surface area contributed by atoms with Crippen LogP contribution >= 0.6 is 0 Å². The minimum atomic E-state index is -1.18. The molecule has 0 spiro atoms. The van der Waals surface area contributed by atoms with Gasteiger partial charge in [0.05, 0.1) is 73.2 Å². The first-order valence-electron chi connectivity index (χ1n) is 30.5. The summed E-state index contributed by atoms with van der Waals surface area (Å²) in [4.78, 5) is 43.7. The van der Waals surface area contributed by atoms with Crippen LogP contribution in [0.2, 0.25) is 0 Å². The van der Waals surface area contributed by atoms with Crippen LogP contribution in [-0.4, -0.2) is 175 Å². The number of carboxylic acid groups (broad SMARTS) is 1. The van der Waals surface area contributed by atoms with E-state index in [0.717, 1.165) is 12.8 Å². The molecule has 0 aliphatic carbocycles. The van der Waals surface area contributed by atoms with E-state index in [0.29, 0.717) is 12.8 Å². The summed E-state index contributed by atoms with van der Waals surface area (Å²) in [6.45, 7) is 7.05. The number of nitrogens with zero attached hydrogens (tertiary/aromatic N) is 2. The number of carbonyl (C=O) groups excluding carboxylic acids is 2. The van der Waals surface area contributed by atoms with E-state index in [-0.39, 0.29) is 99.7 Å². The average molecular weight is 1240 g/mol. The molecule has 0 bridgehead atoms. The molecule has 20 heteroatoms. The quantitative estimate of drug-likeness (QED) is 0.00875. The number of hydrogen-bond donors (Lipinski definition) is 15. The molecule has 0 aliphatic rings. The first-order chi connectivity index (χ1) is 42.4. The zero-order valence-electron chi connectivity index (χ0n) is 52.0. The van der Waals surface area contributed by atoms with Gasteiger partial charge in [0, 0.05) is 61.8 Å². The second-order valence-electron chi connectivity index (χ2n) is 22.2. The minimum absolute atomic E-state index is 0.0229. The molecule has 89 heavy (non-hydrogen) atoms. The van der Waals surface area contributed by atoms with E-state index in [4.69, 9.17) is 10.8 Å². The number of ketones is 1. The molecule has 16 N–H and O–H groups in total. The van der Waals surface area contributed by atoms with Crippen molar-refractivity contribution in [1.29, 1.82) is 0 Å². The maximum Gasteiger partial charge on any atom is 0.331 e. The summed E-state index contributed by atoms with van der Waals surface area (Å²) >= 11 is 0. The van der Waals surface area contributed by atoms with Gasteiger partial charge >= 0.3 is 5.97 Å². The number of unbranched alkanes of at least 4 members (excludes halogenated alkanes) is 1. The van der Waals surface area contributed by atoms with Crippen molar-refractivity contribution < 1.29 is 80.8 Å². The van der Waals surface area contributed by atoms with E-state index in [1.165, 1.54) is 55.6 Å². The van der Waals surface area contributed by atoms with Gasteiger partial charge < -0.3 is 72.1 Å². The Bertz CT molecular complexity index is 2570. The summed E-state index contributed by atoms with van der Waals surface area (Å²) in [6, 6.07) is 4.88. The fourth-order valence-corrected chi connectivity index (χ4v) is 8.52. The molecule has 0 fully saturated rings. The van der Waals surface area contributed by atoms with Crippen LogP contribution in [0.4, 0.5) is 0 Å². The van der Waals surface area contributed by atoms with Gasteiger partial charge in [-0.3, -0.25) is 24.9 Å². The first-order valence-corrected chi connectivity index (χ1v) is 30.5. The van der Waals surface area contributed by atoms with Gasteiger partial charge in [-0.15, -0.1) is 0 Å². The average Bonchev–Trinajstić information content (AvgIpc) is 3.70. The van der Waals surface area contributed by atoms with Crippen molar-refractivity contribution in [2.45, 2.75) is 191 Å². The van der Waals surface area contributed by atoms with Crippen LogP contribution in [0, 0.1) is 17.8 Å². The highest BCUT2D eigenvalue weighted by Gasteiger charge is 2.26. The summed E-state index contributed by atoms with van der Waals surface area (Å²) in [6.07, 6.45) is 34.8. The molecule has 0 saturated carbocycles. The zero-order valence-corrected chi connectivity index (χ0v) is 52.0. The second kappa shape index (κ2) is 49.2. The van der Waals surface area contributed by atoms with Crippen LogP contribution in [-0.2, 0) is 9.59 Å². The number of rotatable bonds is 46. The van der Waals surface area contributed by atoms with Crippen molar-refractivity contribution >= 4 is 23.6 Å². The number of aliphatic imine (C=N–C) groups is 1. The molecule has 15 unspecified atom stereocenters. The fourth-order valence-electron chi connectivity index (χ4n) is 8.52. The van der Waals surface area contributed by atoms with Gasteiger partial charge in [0.2, 0.25) is 0 Å². The number of hydrogen-bond acceptors (Lipinski definition) is 17. The third kappa shape index (κ3) is 42.1. The molecule has 1 aromatic rings. The Morgan fingerprint density at radius 1 is 0.562 bits per heavy atom. The number of nitrogens with two attached hydrogens (primary N) is 1. The van der Waals surface area contributed by atoms with Crippen LogP contribution in [0.25, 0.3) is 0 Å². The minimum Gasteiger partial charge on any atom is -0.478 e. The van der Waals surface area contributed by atoms with Crippen LogP contribution in [0.1, 0.15) is 128 Å². The summed E-state index contributed by atoms with van der Waals surface area (Å²) in [7, 11) is 0. The van der Waals surface area contributed by atoms with Crippen molar-refractivity contribution in [3.63, 3.8) is 0 Å². The highest BCUT2D eigenvalue weighted by atomic mass is 16.4. The lowest BCUT2D eigenvalue weighted by atomic mass is 9.88. The number of aliphatic hydroxyl groups is 12. The highest BCUT2D eigenvalue weighted by molar-refractivity contribution is 6.04. The molecular formula is C69H102N4O16. The van der Waals surface area contributed by atoms with Gasteiger partial charge in [0.1, 0.15) is 11.5 Å². The predicted octanol–water partition coefficient (Wildman–Crippen LogP) is 6.10. The number of guanidine groups is 1. The van der Waals surface area contributed by atoms with E-state index in [9.17, 15) is 75.7 Å². The van der Waals surface area contributed by atoms with Crippen molar-refractivity contribution in [3.05, 3.63) is 188 Å². The standard InChI is InChI=1S/C69H102N4O16/c1-49(29-19-15-11-10-12-16-20-30-50(2)68(88)89)66(86)52(4)64(84)40-22-18-14-9-7-5-6-8-13-17-21-39-63(83)51(3)65(85)48-61(82)47-58(79)36-27-35-57(78)46-60(81)45-56(77)34-26-33-54(75)43-53(74)31-25-32-55(76)44-59(80)37-28-42-72-69(70)73-67(87)62-38-23-24-41-71-62/h5-10,12-14,16-27,29-31,34,36,38,40-41,49,51-61,63-64,66,74-84,86H,11,15,28,32-33,35,37,39,42-48H2,1-4H3,(H,88,89)(H3,70,72,73,87)/b6-5+,9-7+,12-10+,13-8+,18-14+,20-16+,21-17+,29-19+,31-25+,34-26+,36-27+,40-22+,50-30+. The Morgan fingerprint density at radius 3 is 1.64 bits per heavy atom. The Kier molecular flexibility index (Phi) is 44.4. The molecule has 1 aromatic heterocycles. The number of amides is 1. The number of aliphatic carboxylic acids is 1. The number of carbonyl (C=O) groups is 3. The lowest BCUT2D eigenvalue weighted by molar-refractivity contribution is -0.132. The van der Waals surface area contributed by atoms with E-state index >= 15 is 0 Å². The first kappa shape index (κ1) is 80.4. The Morgan fingerprint density at radius 2 is 1.07 bits per heavy atom. The SMILES string of the molecule is C\C(=C/C=C/C=C/CC/C=C/C(C)C(O)C(C)C(O)/C=C/C=C/C=C/C=C/C=C/C=C/CC(O)C(C)C(=O)CC(O)CC(O)/C=C/CC(O)CC(O)CC(O)/C=C/CC(O)CC(O)/C=C/CC(O)CC(O)CCCN=C(N)NC(=O)c1ccccn1)C(=O)O. The lowest BCUT2D eigenvalue weighted by Crippen LogP contribution is -2.37. The zero-order chi connectivity index (χ0) is 66.4. The molecule has 0 aliphatic heterocycles. The van der Waals surface area contributed by atoms with Crippen LogP contribution in [0.3, 0.4) is 0 Å². The number of Topliss-reactive ketones (excluding diaryl/α,β-unsaturated/α-hetero) is 1. The number of allylic oxidation sites excluding steroid dienone is 16. The number of aromatic nitrogens is 1.